The number of thiol groups is 1. The first kappa shape index (κ1) is 9.60. The largest absolute Gasteiger partial charge is 0.328 e. The van der Waals surface area contributed by atoms with Crippen molar-refractivity contribution in [2.45, 2.75) is 37.0 Å². The molecular formula is C6H14ClNS. The molecule has 0 amide bonds. The van der Waals surface area contributed by atoms with Crippen molar-refractivity contribution in [1.29, 1.82) is 0 Å². The Balaban J connectivity index is 0.000000640. The van der Waals surface area contributed by atoms with Gasteiger partial charge in [0.15, 0.2) is 0 Å². The summed E-state index contributed by atoms with van der Waals surface area (Å²) < 4.78 is 0. The summed E-state index contributed by atoms with van der Waals surface area (Å²) >= 11 is 4.35. The van der Waals surface area contributed by atoms with Gasteiger partial charge in [-0.05, 0) is 25.7 Å². The van der Waals surface area contributed by atoms with Crippen LogP contribution >= 0.6 is 25.0 Å². The van der Waals surface area contributed by atoms with Crippen molar-refractivity contribution in [3.8, 4) is 0 Å². The molecule has 0 aliphatic heterocycles. The number of halogens is 1. The average molecular weight is 168 g/mol. The van der Waals surface area contributed by atoms with Crippen molar-refractivity contribution in [2.24, 2.45) is 5.73 Å². The summed E-state index contributed by atoms with van der Waals surface area (Å²) in [6.45, 7) is 0. The van der Waals surface area contributed by atoms with E-state index < -0.39 is 0 Å². The third-order valence-electron chi connectivity index (χ3n) is 1.74. The maximum absolute atomic E-state index is 5.66. The second kappa shape index (κ2) is 4.42. The van der Waals surface area contributed by atoms with Gasteiger partial charge >= 0.3 is 0 Å². The SMILES string of the molecule is Cl.N[C@H]1CC[C@H](S)CC1. The van der Waals surface area contributed by atoms with Gasteiger partial charge in [-0.25, -0.2) is 0 Å². The smallest absolute Gasteiger partial charge is 0.00396 e. The molecule has 1 nitrogen and oxygen atoms in total. The van der Waals surface area contributed by atoms with Crippen LogP contribution in [0, 0.1) is 0 Å². The molecule has 0 aromatic heterocycles. The van der Waals surface area contributed by atoms with Crippen LogP contribution in [0.4, 0.5) is 0 Å². The van der Waals surface area contributed by atoms with Gasteiger partial charge in [0.2, 0.25) is 0 Å². The Morgan fingerprint density at radius 2 is 1.56 bits per heavy atom. The van der Waals surface area contributed by atoms with Gasteiger partial charge in [0, 0.05) is 11.3 Å². The monoisotopic (exact) mass is 167 g/mol. The Morgan fingerprint density at radius 3 is 1.89 bits per heavy atom. The van der Waals surface area contributed by atoms with E-state index in [9.17, 15) is 0 Å². The third kappa shape index (κ3) is 3.33. The standard InChI is InChI=1S/C6H13NS.ClH/c7-5-1-3-6(8)4-2-5;/h5-6,8H,1-4,7H2;1H/t5-,6-;. The second-order valence-corrected chi connectivity index (χ2v) is 3.30. The molecular weight excluding hydrogens is 154 g/mol. The zero-order chi connectivity index (χ0) is 5.98. The van der Waals surface area contributed by atoms with Gasteiger partial charge in [-0.2, -0.15) is 12.6 Å². The molecule has 9 heavy (non-hydrogen) atoms. The molecule has 0 radical (unpaired) electrons. The van der Waals surface area contributed by atoms with E-state index in [2.05, 4.69) is 12.6 Å². The molecule has 0 unspecified atom stereocenters. The van der Waals surface area contributed by atoms with Crippen LogP contribution in [0.3, 0.4) is 0 Å². The molecule has 0 spiro atoms. The van der Waals surface area contributed by atoms with E-state index in [1.54, 1.807) is 0 Å². The van der Waals surface area contributed by atoms with Crippen LogP contribution < -0.4 is 5.73 Å². The second-order valence-electron chi connectivity index (χ2n) is 2.57. The highest BCUT2D eigenvalue weighted by atomic mass is 35.5. The molecule has 0 atom stereocenters. The Morgan fingerprint density at radius 1 is 1.11 bits per heavy atom. The first-order valence-electron chi connectivity index (χ1n) is 3.22. The van der Waals surface area contributed by atoms with E-state index in [1.165, 1.54) is 25.7 Å². The Labute approximate surface area is 68.2 Å². The lowest BCUT2D eigenvalue weighted by molar-refractivity contribution is 0.452. The van der Waals surface area contributed by atoms with Gasteiger partial charge in [-0.3, -0.25) is 0 Å². The molecule has 0 aromatic carbocycles. The summed E-state index contributed by atoms with van der Waals surface area (Å²) in [5, 5.41) is 0.634. The number of rotatable bonds is 0. The highest BCUT2D eigenvalue weighted by molar-refractivity contribution is 7.80. The first-order chi connectivity index (χ1) is 3.79. The Hall–Kier alpha value is 0.600. The predicted molar refractivity (Wildman–Crippen MR) is 46.5 cm³/mol. The topological polar surface area (TPSA) is 26.0 Å². The predicted octanol–water partition coefficient (Wildman–Crippen LogP) is 1.61. The van der Waals surface area contributed by atoms with Gasteiger partial charge < -0.3 is 5.73 Å². The summed E-state index contributed by atoms with van der Waals surface area (Å²) in [4.78, 5) is 0. The fraction of sp³-hybridized carbons (Fsp3) is 1.00. The van der Waals surface area contributed by atoms with Crippen LogP contribution in [0.2, 0.25) is 0 Å². The van der Waals surface area contributed by atoms with E-state index in [1.807, 2.05) is 0 Å². The van der Waals surface area contributed by atoms with Crippen LogP contribution in [0.25, 0.3) is 0 Å². The molecule has 56 valence electrons. The Kier molecular flexibility index (Phi) is 4.72. The fourth-order valence-corrected chi connectivity index (χ4v) is 1.40. The summed E-state index contributed by atoms with van der Waals surface area (Å²) in [5.41, 5.74) is 5.66. The van der Waals surface area contributed by atoms with Crippen molar-refractivity contribution in [2.75, 3.05) is 0 Å². The summed E-state index contributed by atoms with van der Waals surface area (Å²) in [6, 6.07) is 0.471. The molecule has 0 bridgehead atoms. The van der Waals surface area contributed by atoms with E-state index in [0.29, 0.717) is 11.3 Å². The molecule has 1 aliphatic carbocycles. The van der Waals surface area contributed by atoms with Gasteiger partial charge in [0.1, 0.15) is 0 Å². The van der Waals surface area contributed by atoms with Crippen molar-refractivity contribution < 1.29 is 0 Å². The average Bonchev–Trinajstić information content (AvgIpc) is 1.77. The molecule has 1 saturated carbocycles. The van der Waals surface area contributed by atoms with Gasteiger partial charge in [0.05, 0.1) is 0 Å². The molecule has 0 aromatic rings. The summed E-state index contributed by atoms with van der Waals surface area (Å²) in [7, 11) is 0. The zero-order valence-corrected chi connectivity index (χ0v) is 7.13. The van der Waals surface area contributed by atoms with E-state index in [0.717, 1.165) is 0 Å². The minimum atomic E-state index is 0. The van der Waals surface area contributed by atoms with Crippen LogP contribution in [-0.4, -0.2) is 11.3 Å². The lowest BCUT2D eigenvalue weighted by Crippen LogP contribution is -2.26. The minimum Gasteiger partial charge on any atom is -0.328 e. The molecule has 2 N–H and O–H groups in total. The molecule has 1 aliphatic rings. The Bertz CT molecular complexity index is 61.5. The minimum absolute atomic E-state index is 0. The van der Waals surface area contributed by atoms with Crippen LogP contribution in [-0.2, 0) is 0 Å². The maximum Gasteiger partial charge on any atom is 0.00396 e. The van der Waals surface area contributed by atoms with E-state index in [4.69, 9.17) is 5.73 Å². The highest BCUT2D eigenvalue weighted by Gasteiger charge is 2.14. The number of nitrogens with two attached hydrogens (primary N) is 1. The molecule has 0 heterocycles. The summed E-state index contributed by atoms with van der Waals surface area (Å²) in [6.07, 6.45) is 4.77. The van der Waals surface area contributed by atoms with Gasteiger partial charge in [-0.1, -0.05) is 0 Å². The quantitative estimate of drug-likeness (QED) is 0.527. The zero-order valence-electron chi connectivity index (χ0n) is 5.42. The van der Waals surface area contributed by atoms with Crippen molar-refractivity contribution in [1.82, 2.24) is 0 Å². The number of hydrogen-bond donors (Lipinski definition) is 2. The van der Waals surface area contributed by atoms with Crippen molar-refractivity contribution >= 4 is 25.0 Å². The van der Waals surface area contributed by atoms with Crippen molar-refractivity contribution in [3.05, 3.63) is 0 Å². The molecule has 1 fully saturated rings. The lowest BCUT2D eigenvalue weighted by Gasteiger charge is -2.21. The fourth-order valence-electron chi connectivity index (χ4n) is 1.10. The van der Waals surface area contributed by atoms with Gasteiger partial charge in [0.25, 0.3) is 0 Å². The maximum atomic E-state index is 5.66. The molecule has 1 rings (SSSR count). The van der Waals surface area contributed by atoms with Crippen LogP contribution in [0.5, 0.6) is 0 Å². The molecule has 0 saturated heterocycles. The molecule has 3 heteroatoms. The normalized spacial score (nSPS) is 35.3. The van der Waals surface area contributed by atoms with Crippen LogP contribution in [0.15, 0.2) is 0 Å². The van der Waals surface area contributed by atoms with Crippen molar-refractivity contribution in [3.63, 3.8) is 0 Å². The lowest BCUT2D eigenvalue weighted by atomic mass is 9.96. The van der Waals surface area contributed by atoms with Crippen LogP contribution in [0.1, 0.15) is 25.7 Å². The first-order valence-corrected chi connectivity index (χ1v) is 3.74. The highest BCUT2D eigenvalue weighted by Crippen LogP contribution is 2.20. The third-order valence-corrected chi connectivity index (χ3v) is 2.26. The van der Waals surface area contributed by atoms with E-state index >= 15 is 0 Å². The van der Waals surface area contributed by atoms with Gasteiger partial charge in [-0.15, -0.1) is 12.4 Å². The number of hydrogen-bond acceptors (Lipinski definition) is 2. The summed E-state index contributed by atoms with van der Waals surface area (Å²) in [5.74, 6) is 0. The van der Waals surface area contributed by atoms with E-state index in [-0.39, 0.29) is 12.4 Å².